The molecule has 1 aliphatic carbocycles. The van der Waals surface area contributed by atoms with Crippen LogP contribution in [0.5, 0.6) is 5.75 Å². The van der Waals surface area contributed by atoms with Crippen molar-refractivity contribution in [2.45, 2.75) is 31.7 Å². The van der Waals surface area contributed by atoms with Crippen molar-refractivity contribution in [3.8, 4) is 5.75 Å². The number of urea groups is 1. The highest BCUT2D eigenvalue weighted by Gasteiger charge is 2.18. The summed E-state index contributed by atoms with van der Waals surface area (Å²) in [6.45, 7) is 0. The molecule has 1 aliphatic rings. The average molecular weight is 328 g/mol. The summed E-state index contributed by atoms with van der Waals surface area (Å²) in [5, 5.41) is 5.74. The molecule has 0 heterocycles. The number of hydrogen-bond acceptors (Lipinski definition) is 3. The fraction of sp³-hybridized carbons (Fsp3) is 0.462. The Hall–Kier alpha value is -1.43. The summed E-state index contributed by atoms with van der Waals surface area (Å²) in [6, 6.07) is 3.48. The molecule has 1 fully saturated rings. The lowest BCUT2D eigenvalue weighted by molar-refractivity contribution is 0.248. The summed E-state index contributed by atoms with van der Waals surface area (Å²) in [5.74, 6) is 0.572. The molecule has 1 aromatic carbocycles. The van der Waals surface area contributed by atoms with E-state index in [0.717, 1.165) is 17.3 Å². The zero-order valence-electron chi connectivity index (χ0n) is 10.8. The van der Waals surface area contributed by atoms with Gasteiger partial charge in [-0.1, -0.05) is 12.8 Å². The third-order valence-electron chi connectivity index (χ3n) is 3.26. The zero-order valence-corrected chi connectivity index (χ0v) is 12.4. The summed E-state index contributed by atoms with van der Waals surface area (Å²) in [7, 11) is 1.55. The number of amides is 2. The van der Waals surface area contributed by atoms with E-state index in [1.165, 1.54) is 12.8 Å². The summed E-state index contributed by atoms with van der Waals surface area (Å²) < 4.78 is 5.97. The van der Waals surface area contributed by atoms with Crippen LogP contribution in [0, 0.1) is 0 Å². The standard InChI is InChI=1S/C13H18BrN3O2/c1-19-12-6-9(14)10(15)7-11(12)17-13(18)16-8-4-2-3-5-8/h6-8H,2-5,15H2,1H3,(H2,16,17,18). The van der Waals surface area contributed by atoms with Crippen molar-refractivity contribution in [2.24, 2.45) is 0 Å². The Morgan fingerprint density at radius 3 is 2.74 bits per heavy atom. The normalized spacial score (nSPS) is 15.3. The largest absolute Gasteiger partial charge is 0.495 e. The molecule has 1 aromatic rings. The molecule has 6 heteroatoms. The van der Waals surface area contributed by atoms with Crippen LogP contribution in [0.4, 0.5) is 16.2 Å². The van der Waals surface area contributed by atoms with Gasteiger partial charge in [-0.05, 0) is 40.9 Å². The lowest BCUT2D eigenvalue weighted by atomic mass is 10.2. The first-order valence-corrected chi connectivity index (χ1v) is 7.10. The van der Waals surface area contributed by atoms with Crippen LogP contribution in [0.25, 0.3) is 0 Å². The van der Waals surface area contributed by atoms with Crippen molar-refractivity contribution in [1.29, 1.82) is 0 Å². The van der Waals surface area contributed by atoms with Crippen molar-refractivity contribution < 1.29 is 9.53 Å². The number of carbonyl (C=O) groups is 1. The molecular formula is C13H18BrN3O2. The van der Waals surface area contributed by atoms with Crippen molar-refractivity contribution >= 4 is 33.3 Å². The minimum atomic E-state index is -0.216. The van der Waals surface area contributed by atoms with Crippen molar-refractivity contribution in [3.05, 3.63) is 16.6 Å². The molecule has 0 saturated heterocycles. The Balaban J connectivity index is 2.04. The molecule has 0 radical (unpaired) electrons. The molecule has 19 heavy (non-hydrogen) atoms. The number of anilines is 2. The second kappa shape index (κ2) is 6.14. The third kappa shape index (κ3) is 3.53. The summed E-state index contributed by atoms with van der Waals surface area (Å²) >= 11 is 3.32. The number of carbonyl (C=O) groups excluding carboxylic acids is 1. The van der Waals surface area contributed by atoms with Gasteiger partial charge in [-0.15, -0.1) is 0 Å². The van der Waals surface area contributed by atoms with E-state index in [9.17, 15) is 4.79 Å². The predicted octanol–water partition coefficient (Wildman–Crippen LogP) is 3.10. The van der Waals surface area contributed by atoms with Gasteiger partial charge >= 0.3 is 6.03 Å². The minimum absolute atomic E-state index is 0.216. The van der Waals surface area contributed by atoms with Gasteiger partial charge in [-0.25, -0.2) is 4.79 Å². The first-order valence-electron chi connectivity index (χ1n) is 6.30. The highest BCUT2D eigenvalue weighted by atomic mass is 79.9. The number of nitrogens with one attached hydrogen (secondary N) is 2. The van der Waals surface area contributed by atoms with Crippen LogP contribution in [-0.4, -0.2) is 19.2 Å². The lowest BCUT2D eigenvalue weighted by Crippen LogP contribution is -2.36. The topological polar surface area (TPSA) is 76.4 Å². The van der Waals surface area contributed by atoms with Gasteiger partial charge in [0.15, 0.2) is 0 Å². The number of hydrogen-bond donors (Lipinski definition) is 3. The lowest BCUT2D eigenvalue weighted by Gasteiger charge is -2.15. The van der Waals surface area contributed by atoms with Gasteiger partial charge in [0.2, 0.25) is 0 Å². The van der Waals surface area contributed by atoms with Crippen LogP contribution in [0.2, 0.25) is 0 Å². The molecule has 0 bridgehead atoms. The van der Waals surface area contributed by atoms with Crippen LogP contribution in [0.3, 0.4) is 0 Å². The van der Waals surface area contributed by atoms with E-state index >= 15 is 0 Å². The van der Waals surface area contributed by atoms with E-state index in [1.54, 1.807) is 19.2 Å². The fourth-order valence-electron chi connectivity index (χ4n) is 2.25. The summed E-state index contributed by atoms with van der Waals surface area (Å²) in [6.07, 6.45) is 4.46. The maximum Gasteiger partial charge on any atom is 0.319 e. The maximum absolute atomic E-state index is 11.9. The molecule has 4 N–H and O–H groups in total. The molecule has 0 unspecified atom stereocenters. The fourth-order valence-corrected chi connectivity index (χ4v) is 2.57. The molecule has 0 aliphatic heterocycles. The van der Waals surface area contributed by atoms with E-state index < -0.39 is 0 Å². The third-order valence-corrected chi connectivity index (χ3v) is 3.94. The molecule has 0 spiro atoms. The highest BCUT2D eigenvalue weighted by molar-refractivity contribution is 9.10. The molecular weight excluding hydrogens is 310 g/mol. The smallest absolute Gasteiger partial charge is 0.319 e. The van der Waals surface area contributed by atoms with Gasteiger partial charge in [0.25, 0.3) is 0 Å². The molecule has 5 nitrogen and oxygen atoms in total. The number of ether oxygens (including phenoxy) is 1. The molecule has 2 amide bonds. The van der Waals surface area contributed by atoms with E-state index in [0.29, 0.717) is 17.1 Å². The van der Waals surface area contributed by atoms with Gasteiger partial charge in [-0.2, -0.15) is 0 Å². The quantitative estimate of drug-likeness (QED) is 0.746. The number of halogens is 1. The van der Waals surface area contributed by atoms with Crippen molar-refractivity contribution in [3.63, 3.8) is 0 Å². The number of benzene rings is 1. The Morgan fingerprint density at radius 2 is 2.11 bits per heavy atom. The summed E-state index contributed by atoms with van der Waals surface area (Å²) in [5.41, 5.74) is 6.93. The monoisotopic (exact) mass is 327 g/mol. The van der Waals surface area contributed by atoms with Crippen molar-refractivity contribution in [1.82, 2.24) is 5.32 Å². The van der Waals surface area contributed by atoms with Gasteiger partial charge < -0.3 is 21.1 Å². The van der Waals surface area contributed by atoms with E-state index in [1.807, 2.05) is 0 Å². The number of methoxy groups -OCH3 is 1. The van der Waals surface area contributed by atoms with Crippen molar-refractivity contribution in [2.75, 3.05) is 18.2 Å². The SMILES string of the molecule is COc1cc(Br)c(N)cc1NC(=O)NC1CCCC1. The first-order chi connectivity index (χ1) is 9.10. The Kier molecular flexibility index (Phi) is 4.52. The minimum Gasteiger partial charge on any atom is -0.495 e. The molecule has 2 rings (SSSR count). The molecule has 0 aromatic heterocycles. The van der Waals surface area contributed by atoms with Crippen LogP contribution in [0.1, 0.15) is 25.7 Å². The average Bonchev–Trinajstić information content (AvgIpc) is 2.86. The number of nitrogens with two attached hydrogens (primary N) is 1. The van der Waals surface area contributed by atoms with E-state index in [-0.39, 0.29) is 12.1 Å². The van der Waals surface area contributed by atoms with Crippen LogP contribution < -0.4 is 21.1 Å². The van der Waals surface area contributed by atoms with Crippen LogP contribution >= 0.6 is 15.9 Å². The number of nitrogen functional groups attached to an aromatic ring is 1. The Morgan fingerprint density at radius 1 is 1.42 bits per heavy atom. The maximum atomic E-state index is 11.9. The first kappa shape index (κ1) is 14.0. The van der Waals surface area contributed by atoms with Gasteiger partial charge in [0, 0.05) is 16.2 Å². The highest BCUT2D eigenvalue weighted by Crippen LogP contribution is 2.33. The Labute approximate surface area is 121 Å². The van der Waals surface area contributed by atoms with E-state index in [4.69, 9.17) is 10.5 Å². The molecule has 0 atom stereocenters. The second-order valence-electron chi connectivity index (χ2n) is 4.65. The molecule has 104 valence electrons. The van der Waals surface area contributed by atoms with Gasteiger partial charge in [-0.3, -0.25) is 0 Å². The van der Waals surface area contributed by atoms with Crippen LogP contribution in [-0.2, 0) is 0 Å². The second-order valence-corrected chi connectivity index (χ2v) is 5.51. The Bertz CT molecular complexity index is 473. The van der Waals surface area contributed by atoms with Crippen LogP contribution in [0.15, 0.2) is 16.6 Å². The predicted molar refractivity (Wildman–Crippen MR) is 79.5 cm³/mol. The van der Waals surface area contributed by atoms with Gasteiger partial charge in [0.1, 0.15) is 5.75 Å². The number of rotatable bonds is 3. The zero-order chi connectivity index (χ0) is 13.8. The van der Waals surface area contributed by atoms with E-state index in [2.05, 4.69) is 26.6 Å². The van der Waals surface area contributed by atoms with Gasteiger partial charge in [0.05, 0.1) is 12.8 Å². The summed E-state index contributed by atoms with van der Waals surface area (Å²) in [4.78, 5) is 11.9. The molecule has 1 saturated carbocycles.